The number of nitro benzene ring substituents is 1. The zero-order valence-corrected chi connectivity index (χ0v) is 11.3. The molecule has 1 fully saturated rings. The van der Waals surface area contributed by atoms with Gasteiger partial charge in [-0.2, -0.15) is 0 Å². The van der Waals surface area contributed by atoms with E-state index in [9.17, 15) is 14.9 Å². The lowest BCUT2D eigenvalue weighted by Gasteiger charge is -2.24. The SMILES string of the molecule is CNCC1CCCN1C(=O)c1ccc(N)c([N+](=O)[O-])c1. The van der Waals surface area contributed by atoms with Crippen LogP contribution in [0.25, 0.3) is 0 Å². The van der Waals surface area contributed by atoms with Crippen LogP contribution in [-0.2, 0) is 0 Å². The fourth-order valence-corrected chi connectivity index (χ4v) is 2.55. The number of carbonyl (C=O) groups excluding carboxylic acids is 1. The molecular weight excluding hydrogens is 260 g/mol. The largest absolute Gasteiger partial charge is 0.393 e. The summed E-state index contributed by atoms with van der Waals surface area (Å²) in [5, 5.41) is 13.9. The number of carbonyl (C=O) groups is 1. The van der Waals surface area contributed by atoms with Gasteiger partial charge in [-0.05, 0) is 32.0 Å². The van der Waals surface area contributed by atoms with Crippen LogP contribution in [0, 0.1) is 10.1 Å². The van der Waals surface area contributed by atoms with Gasteiger partial charge in [0.2, 0.25) is 0 Å². The molecule has 0 radical (unpaired) electrons. The van der Waals surface area contributed by atoms with Gasteiger partial charge in [-0.3, -0.25) is 14.9 Å². The summed E-state index contributed by atoms with van der Waals surface area (Å²) in [5.74, 6) is -0.175. The van der Waals surface area contributed by atoms with Crippen LogP contribution >= 0.6 is 0 Å². The first-order valence-corrected chi connectivity index (χ1v) is 6.54. The maximum absolute atomic E-state index is 12.5. The van der Waals surface area contributed by atoms with E-state index >= 15 is 0 Å². The fraction of sp³-hybridized carbons (Fsp3) is 0.462. The molecule has 1 aliphatic rings. The number of benzene rings is 1. The number of hydrogen-bond acceptors (Lipinski definition) is 5. The molecule has 0 saturated carbocycles. The number of nitrogens with zero attached hydrogens (tertiary/aromatic N) is 2. The van der Waals surface area contributed by atoms with Crippen molar-refractivity contribution >= 4 is 17.3 Å². The molecular formula is C13H18N4O3. The van der Waals surface area contributed by atoms with Gasteiger partial charge < -0.3 is 16.0 Å². The minimum atomic E-state index is -0.568. The van der Waals surface area contributed by atoms with Crippen molar-refractivity contribution in [2.45, 2.75) is 18.9 Å². The summed E-state index contributed by atoms with van der Waals surface area (Å²) in [4.78, 5) is 24.5. The van der Waals surface area contributed by atoms with E-state index in [4.69, 9.17) is 5.73 Å². The Morgan fingerprint density at radius 3 is 3.00 bits per heavy atom. The number of rotatable bonds is 4. The molecule has 0 spiro atoms. The van der Waals surface area contributed by atoms with E-state index in [0.717, 1.165) is 19.4 Å². The summed E-state index contributed by atoms with van der Waals surface area (Å²) in [6.45, 7) is 1.41. The highest BCUT2D eigenvalue weighted by Gasteiger charge is 2.29. The van der Waals surface area contributed by atoms with E-state index in [2.05, 4.69) is 5.32 Å². The summed E-state index contributed by atoms with van der Waals surface area (Å²) in [7, 11) is 1.84. The Balaban J connectivity index is 2.25. The van der Waals surface area contributed by atoms with Crippen molar-refractivity contribution in [1.29, 1.82) is 0 Å². The van der Waals surface area contributed by atoms with E-state index in [1.807, 2.05) is 7.05 Å². The maximum Gasteiger partial charge on any atom is 0.292 e. The van der Waals surface area contributed by atoms with Crippen LogP contribution in [-0.4, -0.2) is 41.9 Å². The molecule has 3 N–H and O–H groups in total. The number of hydrogen-bond donors (Lipinski definition) is 2. The van der Waals surface area contributed by atoms with Crippen molar-refractivity contribution in [3.63, 3.8) is 0 Å². The molecule has 2 rings (SSSR count). The van der Waals surface area contributed by atoms with Crippen molar-refractivity contribution in [3.05, 3.63) is 33.9 Å². The summed E-state index contributed by atoms with van der Waals surface area (Å²) in [6.07, 6.45) is 1.90. The topological polar surface area (TPSA) is 102 Å². The Labute approximate surface area is 116 Å². The van der Waals surface area contributed by atoms with Crippen LogP contribution in [0.5, 0.6) is 0 Å². The third-order valence-corrected chi connectivity index (χ3v) is 3.55. The number of anilines is 1. The first-order chi connectivity index (χ1) is 9.54. The lowest BCUT2D eigenvalue weighted by Crippen LogP contribution is -2.40. The number of nitro groups is 1. The normalized spacial score (nSPS) is 18.2. The van der Waals surface area contributed by atoms with E-state index in [1.165, 1.54) is 12.1 Å². The molecule has 1 atom stereocenters. The molecule has 0 aliphatic carbocycles. The van der Waals surface area contributed by atoms with E-state index < -0.39 is 4.92 Å². The monoisotopic (exact) mass is 278 g/mol. The number of likely N-dealkylation sites (tertiary alicyclic amines) is 1. The van der Waals surface area contributed by atoms with Crippen molar-refractivity contribution in [2.75, 3.05) is 25.9 Å². The molecule has 1 unspecified atom stereocenters. The molecule has 108 valence electrons. The maximum atomic E-state index is 12.5. The second-order valence-corrected chi connectivity index (χ2v) is 4.88. The lowest BCUT2D eigenvalue weighted by molar-refractivity contribution is -0.383. The van der Waals surface area contributed by atoms with Gasteiger partial charge in [0, 0.05) is 30.8 Å². The predicted octanol–water partition coefficient (Wildman–Crippen LogP) is 1.00. The molecule has 1 saturated heterocycles. The third kappa shape index (κ3) is 2.72. The Morgan fingerprint density at radius 2 is 2.35 bits per heavy atom. The Bertz CT molecular complexity index is 532. The van der Waals surface area contributed by atoms with E-state index in [-0.39, 0.29) is 23.3 Å². The second kappa shape index (κ2) is 5.87. The number of nitrogens with one attached hydrogen (secondary N) is 1. The van der Waals surface area contributed by atoms with E-state index in [0.29, 0.717) is 12.1 Å². The molecule has 1 heterocycles. The highest BCUT2D eigenvalue weighted by molar-refractivity contribution is 5.96. The summed E-state index contributed by atoms with van der Waals surface area (Å²) >= 11 is 0. The van der Waals surface area contributed by atoms with Crippen molar-refractivity contribution < 1.29 is 9.72 Å². The Morgan fingerprint density at radius 1 is 1.60 bits per heavy atom. The highest BCUT2D eigenvalue weighted by atomic mass is 16.6. The zero-order valence-electron chi connectivity index (χ0n) is 11.3. The van der Waals surface area contributed by atoms with Gasteiger partial charge in [-0.1, -0.05) is 0 Å². The molecule has 20 heavy (non-hydrogen) atoms. The third-order valence-electron chi connectivity index (χ3n) is 3.55. The average Bonchev–Trinajstić information content (AvgIpc) is 2.87. The molecule has 1 aromatic rings. The van der Waals surface area contributed by atoms with Crippen LogP contribution in [0.3, 0.4) is 0 Å². The first kappa shape index (κ1) is 14.3. The zero-order chi connectivity index (χ0) is 14.7. The number of likely N-dealkylation sites (N-methyl/N-ethyl adjacent to an activating group) is 1. The molecule has 0 aromatic heterocycles. The van der Waals surface area contributed by atoms with Crippen LogP contribution in [0.15, 0.2) is 18.2 Å². The summed E-state index contributed by atoms with van der Waals surface area (Å²) in [6, 6.07) is 4.35. The van der Waals surface area contributed by atoms with Crippen LogP contribution < -0.4 is 11.1 Å². The van der Waals surface area contributed by atoms with Crippen molar-refractivity contribution in [2.24, 2.45) is 0 Å². The standard InChI is InChI=1S/C13H18N4O3/c1-15-8-10-3-2-6-16(10)13(18)9-4-5-11(14)12(7-9)17(19)20/h4-5,7,10,15H,2-3,6,8,14H2,1H3. The summed E-state index contributed by atoms with van der Waals surface area (Å²) in [5.41, 5.74) is 5.70. The van der Waals surface area contributed by atoms with Crippen LogP contribution in [0.4, 0.5) is 11.4 Å². The lowest BCUT2D eigenvalue weighted by atomic mass is 10.1. The van der Waals surface area contributed by atoms with Gasteiger partial charge in [-0.25, -0.2) is 0 Å². The minimum absolute atomic E-state index is 0.0692. The minimum Gasteiger partial charge on any atom is -0.393 e. The Hall–Kier alpha value is -2.15. The quantitative estimate of drug-likeness (QED) is 0.486. The van der Waals surface area contributed by atoms with Crippen molar-refractivity contribution in [1.82, 2.24) is 10.2 Å². The van der Waals surface area contributed by atoms with Crippen LogP contribution in [0.1, 0.15) is 23.2 Å². The van der Waals surface area contributed by atoms with Gasteiger partial charge in [-0.15, -0.1) is 0 Å². The van der Waals surface area contributed by atoms with E-state index in [1.54, 1.807) is 11.0 Å². The van der Waals surface area contributed by atoms with Gasteiger partial charge >= 0.3 is 0 Å². The molecule has 7 nitrogen and oxygen atoms in total. The number of nitrogens with two attached hydrogens (primary N) is 1. The first-order valence-electron chi connectivity index (χ1n) is 6.54. The smallest absolute Gasteiger partial charge is 0.292 e. The van der Waals surface area contributed by atoms with Gasteiger partial charge in [0.1, 0.15) is 5.69 Å². The second-order valence-electron chi connectivity index (χ2n) is 4.88. The highest BCUT2D eigenvalue weighted by Crippen LogP contribution is 2.25. The number of nitrogen functional groups attached to an aromatic ring is 1. The predicted molar refractivity (Wildman–Crippen MR) is 75.5 cm³/mol. The average molecular weight is 278 g/mol. The molecule has 7 heteroatoms. The fourth-order valence-electron chi connectivity index (χ4n) is 2.55. The van der Waals surface area contributed by atoms with Gasteiger partial charge in [0.25, 0.3) is 11.6 Å². The number of amides is 1. The van der Waals surface area contributed by atoms with Crippen LogP contribution in [0.2, 0.25) is 0 Å². The van der Waals surface area contributed by atoms with Crippen molar-refractivity contribution in [3.8, 4) is 0 Å². The molecule has 0 bridgehead atoms. The Kier molecular flexibility index (Phi) is 4.19. The molecule has 1 aromatic carbocycles. The molecule has 1 aliphatic heterocycles. The molecule has 1 amide bonds. The van der Waals surface area contributed by atoms with Gasteiger partial charge in [0.15, 0.2) is 0 Å². The summed E-state index contributed by atoms with van der Waals surface area (Å²) < 4.78 is 0. The van der Waals surface area contributed by atoms with Gasteiger partial charge in [0.05, 0.1) is 4.92 Å².